The van der Waals surface area contributed by atoms with Crippen molar-refractivity contribution in [2.45, 2.75) is 25.7 Å². The molecule has 1 rings (SSSR count). The smallest absolute Gasteiger partial charge is 0.383 e. The van der Waals surface area contributed by atoms with Crippen LogP contribution in [0.5, 0.6) is 0 Å². The summed E-state index contributed by atoms with van der Waals surface area (Å²) in [6, 6.07) is 5.59. The molecule has 0 aliphatic rings. The molecule has 0 spiro atoms. The molecule has 0 bridgehead atoms. The molecule has 1 N–H and O–H groups in total. The summed E-state index contributed by atoms with van der Waals surface area (Å²) in [5.74, 6) is 0. The Morgan fingerprint density at radius 3 is 2.53 bits per heavy atom. The monoisotopic (exact) mass is 247 g/mol. The third kappa shape index (κ3) is 4.36. The van der Waals surface area contributed by atoms with Crippen molar-refractivity contribution < 1.29 is 17.9 Å². The molecule has 0 amide bonds. The van der Waals surface area contributed by atoms with Crippen molar-refractivity contribution in [1.82, 2.24) is 5.32 Å². The van der Waals surface area contributed by atoms with Gasteiger partial charge in [-0.3, -0.25) is 0 Å². The largest absolute Gasteiger partial charge is 0.416 e. The molecule has 0 aliphatic heterocycles. The number of alkyl halides is 3. The lowest BCUT2D eigenvalue weighted by Crippen LogP contribution is -2.30. The maximum atomic E-state index is 12.7. The Kier molecular flexibility index (Phi) is 4.96. The zero-order valence-corrected chi connectivity index (χ0v) is 9.84. The number of hydrogen-bond donors (Lipinski definition) is 1. The highest BCUT2D eigenvalue weighted by molar-refractivity contribution is 5.29. The van der Waals surface area contributed by atoms with Gasteiger partial charge in [-0.2, -0.15) is 13.2 Å². The Labute approximate surface area is 98.8 Å². The van der Waals surface area contributed by atoms with Crippen molar-refractivity contribution in [3.8, 4) is 0 Å². The Hall–Kier alpha value is -1.07. The van der Waals surface area contributed by atoms with E-state index in [9.17, 15) is 13.2 Å². The Balaban J connectivity index is 2.71. The van der Waals surface area contributed by atoms with Crippen LogP contribution in [0.25, 0.3) is 0 Å². The van der Waals surface area contributed by atoms with E-state index >= 15 is 0 Å². The number of benzene rings is 1. The van der Waals surface area contributed by atoms with Crippen LogP contribution in [0.1, 0.15) is 18.1 Å². The van der Waals surface area contributed by atoms with E-state index in [4.69, 9.17) is 4.74 Å². The molecule has 1 aromatic rings. The van der Waals surface area contributed by atoms with Gasteiger partial charge in [0.2, 0.25) is 0 Å². The maximum Gasteiger partial charge on any atom is 0.416 e. The molecular weight excluding hydrogens is 231 g/mol. The molecule has 96 valence electrons. The molecule has 17 heavy (non-hydrogen) atoms. The van der Waals surface area contributed by atoms with Crippen LogP contribution in [0, 0.1) is 0 Å². The topological polar surface area (TPSA) is 21.3 Å². The maximum absolute atomic E-state index is 12.7. The zero-order valence-electron chi connectivity index (χ0n) is 9.84. The minimum absolute atomic E-state index is 0.0151. The van der Waals surface area contributed by atoms with Crippen LogP contribution in [0.4, 0.5) is 13.2 Å². The quantitative estimate of drug-likeness (QED) is 0.863. The first-order valence-electron chi connectivity index (χ1n) is 5.32. The standard InChI is InChI=1S/C12H16F3NO/c1-9(8-17-2)16-7-10-5-3-4-6-11(10)12(13,14)15/h3-6,9,16H,7-8H2,1-2H3/t9-/m0/s1. The molecule has 0 heterocycles. The van der Waals surface area contributed by atoms with Gasteiger partial charge in [-0.15, -0.1) is 0 Å². The SMILES string of the molecule is COC[C@H](C)NCc1ccccc1C(F)(F)F. The number of rotatable bonds is 5. The summed E-state index contributed by atoms with van der Waals surface area (Å²) in [5.41, 5.74) is -0.333. The van der Waals surface area contributed by atoms with Crippen LogP contribution in [0.2, 0.25) is 0 Å². The van der Waals surface area contributed by atoms with E-state index in [1.54, 1.807) is 13.2 Å². The minimum atomic E-state index is -4.30. The molecule has 0 aromatic heterocycles. The van der Waals surface area contributed by atoms with Gasteiger partial charge in [-0.05, 0) is 18.6 Å². The number of hydrogen-bond acceptors (Lipinski definition) is 2. The lowest BCUT2D eigenvalue weighted by atomic mass is 10.1. The van der Waals surface area contributed by atoms with Gasteiger partial charge < -0.3 is 10.1 Å². The molecule has 1 aromatic carbocycles. The fourth-order valence-corrected chi connectivity index (χ4v) is 1.54. The van der Waals surface area contributed by atoms with E-state index in [0.717, 1.165) is 6.07 Å². The first-order chi connectivity index (χ1) is 7.95. The van der Waals surface area contributed by atoms with E-state index in [2.05, 4.69) is 5.32 Å². The van der Waals surface area contributed by atoms with Crippen molar-refractivity contribution in [3.63, 3.8) is 0 Å². The van der Waals surface area contributed by atoms with Gasteiger partial charge in [0.1, 0.15) is 0 Å². The molecule has 1 atom stereocenters. The molecule has 5 heteroatoms. The number of nitrogens with one attached hydrogen (secondary N) is 1. The first-order valence-corrected chi connectivity index (χ1v) is 5.32. The van der Waals surface area contributed by atoms with Crippen LogP contribution in [-0.2, 0) is 17.5 Å². The average molecular weight is 247 g/mol. The second-order valence-electron chi connectivity index (χ2n) is 3.89. The molecule has 0 fully saturated rings. The van der Waals surface area contributed by atoms with Gasteiger partial charge in [-0.25, -0.2) is 0 Å². The second kappa shape index (κ2) is 6.02. The lowest BCUT2D eigenvalue weighted by molar-refractivity contribution is -0.138. The summed E-state index contributed by atoms with van der Waals surface area (Å²) in [6.07, 6.45) is -4.30. The predicted octanol–water partition coefficient (Wildman–Crippen LogP) is 2.83. The first kappa shape index (κ1) is 14.0. The van der Waals surface area contributed by atoms with Gasteiger partial charge in [0.15, 0.2) is 0 Å². The summed E-state index contributed by atoms with van der Waals surface area (Å²) in [6.45, 7) is 2.51. The molecule has 0 unspecified atom stereocenters. The molecule has 0 saturated carbocycles. The van der Waals surface area contributed by atoms with E-state index in [1.807, 2.05) is 6.92 Å². The van der Waals surface area contributed by atoms with Gasteiger partial charge >= 0.3 is 6.18 Å². The van der Waals surface area contributed by atoms with Gasteiger partial charge in [-0.1, -0.05) is 18.2 Å². The van der Waals surface area contributed by atoms with Crippen LogP contribution < -0.4 is 5.32 Å². The van der Waals surface area contributed by atoms with Gasteiger partial charge in [0, 0.05) is 19.7 Å². The highest BCUT2D eigenvalue weighted by Crippen LogP contribution is 2.31. The van der Waals surface area contributed by atoms with E-state index in [1.165, 1.54) is 12.1 Å². The minimum Gasteiger partial charge on any atom is -0.383 e. The fraction of sp³-hybridized carbons (Fsp3) is 0.500. The highest BCUT2D eigenvalue weighted by Gasteiger charge is 2.32. The number of methoxy groups -OCH3 is 1. The normalized spacial score (nSPS) is 13.7. The summed E-state index contributed by atoms with van der Waals surface area (Å²) in [7, 11) is 1.56. The van der Waals surface area contributed by atoms with Crippen LogP contribution >= 0.6 is 0 Å². The molecule has 0 radical (unpaired) electrons. The van der Waals surface area contributed by atoms with Crippen molar-refractivity contribution in [2.24, 2.45) is 0 Å². The summed E-state index contributed by atoms with van der Waals surface area (Å²) in [4.78, 5) is 0. The van der Waals surface area contributed by atoms with Crippen molar-refractivity contribution in [2.75, 3.05) is 13.7 Å². The number of halogens is 3. The Bertz CT molecular complexity index is 352. The third-order valence-corrected chi connectivity index (χ3v) is 2.38. The molecule has 0 aliphatic carbocycles. The summed E-state index contributed by atoms with van der Waals surface area (Å²) >= 11 is 0. The van der Waals surface area contributed by atoms with E-state index in [-0.39, 0.29) is 18.2 Å². The third-order valence-electron chi connectivity index (χ3n) is 2.38. The Morgan fingerprint density at radius 1 is 1.29 bits per heavy atom. The predicted molar refractivity (Wildman–Crippen MR) is 59.6 cm³/mol. The Morgan fingerprint density at radius 2 is 1.94 bits per heavy atom. The van der Waals surface area contributed by atoms with Crippen LogP contribution in [0.3, 0.4) is 0 Å². The molecule has 2 nitrogen and oxygen atoms in total. The van der Waals surface area contributed by atoms with E-state index < -0.39 is 11.7 Å². The summed E-state index contributed by atoms with van der Waals surface area (Å²) < 4.78 is 42.9. The zero-order chi connectivity index (χ0) is 12.9. The van der Waals surface area contributed by atoms with Crippen LogP contribution in [0.15, 0.2) is 24.3 Å². The van der Waals surface area contributed by atoms with E-state index in [0.29, 0.717) is 6.61 Å². The van der Waals surface area contributed by atoms with Gasteiger partial charge in [0.05, 0.1) is 12.2 Å². The highest BCUT2D eigenvalue weighted by atomic mass is 19.4. The number of ether oxygens (including phenoxy) is 1. The van der Waals surface area contributed by atoms with Gasteiger partial charge in [0.25, 0.3) is 0 Å². The van der Waals surface area contributed by atoms with Crippen molar-refractivity contribution in [1.29, 1.82) is 0 Å². The summed E-state index contributed by atoms with van der Waals surface area (Å²) in [5, 5.41) is 2.99. The van der Waals surface area contributed by atoms with Crippen LogP contribution in [-0.4, -0.2) is 19.8 Å². The second-order valence-corrected chi connectivity index (χ2v) is 3.89. The van der Waals surface area contributed by atoms with Crippen molar-refractivity contribution >= 4 is 0 Å². The van der Waals surface area contributed by atoms with Crippen molar-refractivity contribution in [3.05, 3.63) is 35.4 Å². The molecular formula is C12H16F3NO. The lowest BCUT2D eigenvalue weighted by Gasteiger charge is -2.16. The average Bonchev–Trinajstić information content (AvgIpc) is 2.26. The molecule has 0 saturated heterocycles. The fourth-order valence-electron chi connectivity index (χ4n) is 1.54.